The Kier molecular flexibility index (Phi) is 10.2. The summed E-state index contributed by atoms with van der Waals surface area (Å²) in [7, 11) is -1.54. The fourth-order valence-corrected chi connectivity index (χ4v) is 1.71. The Morgan fingerprint density at radius 3 is 2.07 bits per heavy atom. The Bertz CT molecular complexity index is 188. The average molecular weight is 392 g/mol. The third-order valence-electron chi connectivity index (χ3n) is 2.72. The second-order valence-electron chi connectivity index (χ2n) is 5.11. The van der Waals surface area contributed by atoms with Gasteiger partial charge in [-0.3, -0.25) is 0 Å². The first-order chi connectivity index (χ1) is 6.67. The normalized spacial score (nSPS) is 11.7. The van der Waals surface area contributed by atoms with Gasteiger partial charge in [-0.25, -0.2) is 19.1 Å². The summed E-state index contributed by atoms with van der Waals surface area (Å²) in [4.78, 5) is 0. The van der Waals surface area contributed by atoms with Gasteiger partial charge in [0.1, 0.15) is 0 Å². The van der Waals surface area contributed by atoms with Gasteiger partial charge in [0, 0.05) is 6.61 Å². The van der Waals surface area contributed by atoms with E-state index in [2.05, 4.69) is 67.1 Å². The van der Waals surface area contributed by atoms with E-state index in [9.17, 15) is 0 Å². The summed E-state index contributed by atoms with van der Waals surface area (Å²) in [5.74, 6) is 0. The molecule has 0 fully saturated rings. The molecule has 0 aliphatic rings. The standard InChI is InChI=1S/C11H23OSi.HI.Zn/c1-10(2)8-9-12-13(6,7)11(3,4)5;;/h1-2,8-9H2,3-7H3;1H;/q-1;;+2/p-1. The molecule has 0 saturated carbocycles. The van der Waals surface area contributed by atoms with Gasteiger partial charge in [0.2, 0.25) is 0 Å². The molecule has 1 nitrogen and oxygen atoms in total. The van der Waals surface area contributed by atoms with Crippen LogP contribution in [-0.2, 0) is 19.2 Å². The quantitative estimate of drug-likeness (QED) is 0.384. The zero-order valence-electron chi connectivity index (χ0n) is 10.8. The fourth-order valence-electron chi connectivity index (χ4n) is 0.667. The fraction of sp³-hybridized carbons (Fsp3) is 0.727. The van der Waals surface area contributed by atoms with Crippen LogP contribution < -0.4 is 0 Å². The van der Waals surface area contributed by atoms with E-state index in [0.717, 1.165) is 18.6 Å². The minimum atomic E-state index is -1.54. The van der Waals surface area contributed by atoms with Crippen molar-refractivity contribution in [2.45, 2.75) is 45.3 Å². The van der Waals surface area contributed by atoms with Crippen molar-refractivity contribution in [1.29, 1.82) is 0 Å². The Labute approximate surface area is 117 Å². The van der Waals surface area contributed by atoms with E-state index in [-0.39, 0.29) is 0 Å². The van der Waals surface area contributed by atoms with E-state index in [1.807, 2.05) is 0 Å². The van der Waals surface area contributed by atoms with Crippen LogP contribution >= 0.6 is 19.8 Å². The Balaban J connectivity index is 0. The molecular weight excluding hydrogens is 368 g/mol. The van der Waals surface area contributed by atoms with Crippen LogP contribution in [0.3, 0.4) is 0 Å². The number of hydrogen-bond donors (Lipinski definition) is 0. The van der Waals surface area contributed by atoms with Gasteiger partial charge >= 0.3 is 34.5 Å². The molecule has 15 heavy (non-hydrogen) atoms. The molecule has 0 bridgehead atoms. The van der Waals surface area contributed by atoms with Gasteiger partial charge in [0.15, 0.2) is 8.32 Å². The second-order valence-corrected chi connectivity index (χ2v) is 9.92. The number of rotatable bonds is 4. The van der Waals surface area contributed by atoms with Crippen LogP contribution in [0.4, 0.5) is 0 Å². The van der Waals surface area contributed by atoms with Gasteiger partial charge < -0.3 is 4.43 Å². The van der Waals surface area contributed by atoms with E-state index in [1.165, 1.54) is 14.8 Å². The first-order valence-corrected chi connectivity index (χ1v) is 17.0. The van der Waals surface area contributed by atoms with Gasteiger partial charge in [0.05, 0.1) is 0 Å². The third-order valence-corrected chi connectivity index (χ3v) is 7.26. The Hall–Kier alpha value is 1.14. The Morgan fingerprint density at radius 1 is 1.40 bits per heavy atom. The first-order valence-electron chi connectivity index (χ1n) is 5.07. The van der Waals surface area contributed by atoms with Gasteiger partial charge in [-0.1, -0.05) is 20.8 Å². The number of halogens is 1. The van der Waals surface area contributed by atoms with E-state index in [1.54, 1.807) is 0 Å². The summed E-state index contributed by atoms with van der Waals surface area (Å²) in [5.41, 5.74) is 0.957. The van der Waals surface area contributed by atoms with Crippen molar-refractivity contribution >= 4 is 28.1 Å². The molecule has 0 radical (unpaired) electrons. The topological polar surface area (TPSA) is 9.23 Å². The second kappa shape index (κ2) is 8.26. The molecule has 0 heterocycles. The van der Waals surface area contributed by atoms with Crippen molar-refractivity contribution in [3.05, 3.63) is 19.1 Å². The van der Waals surface area contributed by atoms with E-state index in [0.29, 0.717) is 5.04 Å². The maximum absolute atomic E-state index is 5.94. The van der Waals surface area contributed by atoms with Crippen molar-refractivity contribution < 1.29 is 19.2 Å². The molecule has 0 N–H and O–H groups in total. The van der Waals surface area contributed by atoms with E-state index in [4.69, 9.17) is 4.43 Å². The van der Waals surface area contributed by atoms with Crippen LogP contribution in [0.25, 0.3) is 0 Å². The molecule has 0 aliphatic carbocycles. The molecule has 86 valence electrons. The molecule has 0 atom stereocenters. The summed E-state index contributed by atoms with van der Waals surface area (Å²) < 4.78 is 5.94. The zero-order chi connectivity index (χ0) is 12.7. The van der Waals surface area contributed by atoms with Crippen LogP contribution in [0.5, 0.6) is 0 Å². The SMILES string of the molecule is C=C([CH2-])CCO[Si](C)(C)C(C)(C)C.[Zn+][I]. The molecule has 0 aromatic rings. The van der Waals surface area contributed by atoms with E-state index >= 15 is 0 Å². The maximum atomic E-state index is 5.94. The average Bonchev–Trinajstić information content (AvgIpc) is 2.04. The van der Waals surface area contributed by atoms with E-state index < -0.39 is 8.32 Å². The molecular formula is C11H23IOSiZn. The van der Waals surface area contributed by atoms with Crippen molar-refractivity contribution in [2.75, 3.05) is 6.61 Å². The van der Waals surface area contributed by atoms with Crippen molar-refractivity contribution in [3.63, 3.8) is 0 Å². The Morgan fingerprint density at radius 2 is 1.80 bits per heavy atom. The summed E-state index contributed by atoms with van der Waals surface area (Å²) in [6.07, 6.45) is 0.881. The molecule has 0 unspecified atom stereocenters. The van der Waals surface area contributed by atoms with Crippen LogP contribution in [0, 0.1) is 6.92 Å². The van der Waals surface area contributed by atoms with Crippen molar-refractivity contribution in [2.24, 2.45) is 0 Å². The van der Waals surface area contributed by atoms with Gasteiger partial charge in [-0.15, -0.1) is 0 Å². The predicted octanol–water partition coefficient (Wildman–Crippen LogP) is 4.67. The van der Waals surface area contributed by atoms with Crippen LogP contribution in [0.15, 0.2) is 12.2 Å². The predicted molar refractivity (Wildman–Crippen MR) is 76.3 cm³/mol. The monoisotopic (exact) mass is 390 g/mol. The minimum absolute atomic E-state index is 0.301. The molecule has 0 rings (SSSR count). The molecule has 0 aromatic heterocycles. The third kappa shape index (κ3) is 8.90. The van der Waals surface area contributed by atoms with Crippen LogP contribution in [0.1, 0.15) is 27.2 Å². The first kappa shape index (κ1) is 18.5. The number of hydrogen-bond acceptors (Lipinski definition) is 1. The molecule has 0 amide bonds. The van der Waals surface area contributed by atoms with Gasteiger partial charge in [0.25, 0.3) is 0 Å². The van der Waals surface area contributed by atoms with Gasteiger partial charge in [-0.2, -0.15) is 0 Å². The van der Waals surface area contributed by atoms with Crippen molar-refractivity contribution in [1.82, 2.24) is 0 Å². The molecule has 0 aromatic carbocycles. The summed E-state index contributed by atoms with van der Waals surface area (Å²) in [6, 6.07) is 0. The van der Waals surface area contributed by atoms with Crippen molar-refractivity contribution in [3.8, 4) is 0 Å². The summed E-state index contributed by atoms with van der Waals surface area (Å²) in [6.45, 7) is 19.6. The van der Waals surface area contributed by atoms with Crippen LogP contribution in [-0.4, -0.2) is 14.9 Å². The molecule has 0 saturated heterocycles. The summed E-state index contributed by atoms with van der Waals surface area (Å²) >= 11 is 3.62. The molecule has 4 heteroatoms. The molecule has 0 spiro atoms. The van der Waals surface area contributed by atoms with Crippen LogP contribution in [0.2, 0.25) is 18.1 Å². The molecule has 0 aliphatic heterocycles. The van der Waals surface area contributed by atoms with Gasteiger partial charge in [-0.05, 0) is 24.6 Å². The summed E-state index contributed by atoms with van der Waals surface area (Å²) in [5, 5.41) is 0.301. The zero-order valence-corrected chi connectivity index (χ0v) is 16.9.